The highest BCUT2D eigenvalue weighted by molar-refractivity contribution is 8.02. The maximum absolute atomic E-state index is 12.6. The van der Waals surface area contributed by atoms with E-state index in [-0.39, 0.29) is 16.1 Å². The van der Waals surface area contributed by atoms with Gasteiger partial charge in [0.25, 0.3) is 0 Å². The Hall–Kier alpha value is -2.20. The number of hydrogen-bond acceptors (Lipinski definition) is 6. The van der Waals surface area contributed by atoms with Crippen molar-refractivity contribution in [1.82, 2.24) is 9.29 Å². The molecule has 6 nitrogen and oxygen atoms in total. The first-order chi connectivity index (χ1) is 14.9. The lowest BCUT2D eigenvalue weighted by molar-refractivity contribution is -0.115. The number of aromatic nitrogens is 1. The first-order valence-corrected chi connectivity index (χ1v) is 13.2. The molecule has 1 fully saturated rings. The molecule has 1 atom stereocenters. The second-order valence-corrected chi connectivity index (χ2v) is 11.6. The summed E-state index contributed by atoms with van der Waals surface area (Å²) in [5, 5.41) is 4.50. The molecule has 0 saturated carbocycles. The van der Waals surface area contributed by atoms with Crippen molar-refractivity contribution < 1.29 is 13.2 Å². The van der Waals surface area contributed by atoms with Crippen LogP contribution in [0.15, 0.2) is 69.2 Å². The lowest BCUT2D eigenvalue weighted by atomic mass is 10.2. The zero-order valence-corrected chi connectivity index (χ0v) is 19.5. The molecule has 1 aromatic heterocycles. The van der Waals surface area contributed by atoms with Crippen LogP contribution in [0.1, 0.15) is 19.8 Å². The molecule has 9 heteroatoms. The molecule has 0 spiro atoms. The van der Waals surface area contributed by atoms with Crippen molar-refractivity contribution in [1.29, 1.82) is 0 Å². The van der Waals surface area contributed by atoms with Crippen LogP contribution in [0.2, 0.25) is 0 Å². The van der Waals surface area contributed by atoms with Crippen LogP contribution in [0, 0.1) is 0 Å². The normalized spacial score (nSPS) is 15.6. The largest absolute Gasteiger partial charge is 0.325 e. The van der Waals surface area contributed by atoms with Crippen LogP contribution < -0.4 is 5.32 Å². The molecular weight excluding hydrogens is 450 g/mol. The minimum absolute atomic E-state index is 0.156. The monoisotopic (exact) mass is 473 g/mol. The molecule has 3 aromatic rings. The van der Waals surface area contributed by atoms with Crippen LogP contribution in [0.4, 0.5) is 5.69 Å². The molecule has 0 aliphatic carbocycles. The van der Waals surface area contributed by atoms with Crippen LogP contribution >= 0.6 is 23.1 Å². The lowest BCUT2D eigenvalue weighted by Gasteiger charge is -2.16. The molecule has 2 heterocycles. The summed E-state index contributed by atoms with van der Waals surface area (Å²) in [5.41, 5.74) is 2.52. The van der Waals surface area contributed by atoms with Gasteiger partial charge in [-0.1, -0.05) is 42.1 Å². The number of carbonyl (C=O) groups is 1. The number of hydrogen-bond donors (Lipinski definition) is 1. The number of benzene rings is 2. The SMILES string of the molecule is CC(Sc1nc(-c2ccccc2)cs1)C(=O)Nc1ccc(S(=O)(=O)N2CCCC2)cc1. The summed E-state index contributed by atoms with van der Waals surface area (Å²) in [6.45, 7) is 2.96. The van der Waals surface area contributed by atoms with E-state index in [9.17, 15) is 13.2 Å². The van der Waals surface area contributed by atoms with Gasteiger partial charge in [-0.3, -0.25) is 4.79 Å². The van der Waals surface area contributed by atoms with Gasteiger partial charge in [-0.05, 0) is 44.0 Å². The molecule has 1 aliphatic heterocycles. The fourth-order valence-corrected chi connectivity index (χ4v) is 6.78. The summed E-state index contributed by atoms with van der Waals surface area (Å²) < 4.78 is 27.6. The minimum atomic E-state index is -3.45. The number of rotatable bonds is 7. The Labute approximate surface area is 190 Å². The number of sulfonamides is 1. The van der Waals surface area contributed by atoms with Gasteiger partial charge in [-0.2, -0.15) is 4.31 Å². The molecule has 162 valence electrons. The smallest absolute Gasteiger partial charge is 0.243 e. The van der Waals surface area contributed by atoms with E-state index >= 15 is 0 Å². The fourth-order valence-electron chi connectivity index (χ4n) is 3.29. The van der Waals surface area contributed by atoms with Crippen LogP contribution in [0.5, 0.6) is 0 Å². The van der Waals surface area contributed by atoms with Gasteiger partial charge in [0.05, 0.1) is 15.8 Å². The lowest BCUT2D eigenvalue weighted by Crippen LogP contribution is -2.27. The summed E-state index contributed by atoms with van der Waals surface area (Å²) in [6.07, 6.45) is 1.80. The predicted octanol–water partition coefficient (Wildman–Crippen LogP) is 4.71. The highest BCUT2D eigenvalue weighted by Gasteiger charge is 2.27. The van der Waals surface area contributed by atoms with E-state index in [4.69, 9.17) is 0 Å². The van der Waals surface area contributed by atoms with E-state index in [0.29, 0.717) is 18.8 Å². The average Bonchev–Trinajstić information content (AvgIpc) is 3.47. The van der Waals surface area contributed by atoms with Gasteiger partial charge >= 0.3 is 0 Å². The summed E-state index contributed by atoms with van der Waals surface area (Å²) >= 11 is 2.92. The molecule has 0 bridgehead atoms. The Morgan fingerprint density at radius 3 is 2.45 bits per heavy atom. The summed E-state index contributed by atoms with van der Waals surface area (Å²) in [4.78, 5) is 17.5. The molecule has 1 amide bonds. The topological polar surface area (TPSA) is 79.4 Å². The van der Waals surface area contributed by atoms with Gasteiger partial charge < -0.3 is 5.32 Å². The number of nitrogens with one attached hydrogen (secondary N) is 1. The van der Waals surface area contributed by atoms with Crippen molar-refractivity contribution in [2.24, 2.45) is 0 Å². The second-order valence-electron chi connectivity index (χ2n) is 7.25. The average molecular weight is 474 g/mol. The van der Waals surface area contributed by atoms with E-state index in [1.807, 2.05) is 42.6 Å². The van der Waals surface area contributed by atoms with Crippen LogP contribution in [-0.4, -0.2) is 42.0 Å². The number of anilines is 1. The van der Waals surface area contributed by atoms with Crippen molar-refractivity contribution >= 4 is 44.7 Å². The van der Waals surface area contributed by atoms with Crippen molar-refractivity contribution in [2.45, 2.75) is 34.3 Å². The van der Waals surface area contributed by atoms with E-state index in [0.717, 1.165) is 28.4 Å². The number of thiazole rings is 1. The van der Waals surface area contributed by atoms with Gasteiger partial charge in [0.15, 0.2) is 4.34 Å². The van der Waals surface area contributed by atoms with Gasteiger partial charge in [0.1, 0.15) is 0 Å². The Morgan fingerprint density at radius 1 is 1.10 bits per heavy atom. The molecule has 1 unspecified atom stereocenters. The maximum atomic E-state index is 12.6. The Bertz CT molecular complexity index is 1140. The first kappa shape index (κ1) is 22.0. The van der Waals surface area contributed by atoms with Gasteiger partial charge in [0.2, 0.25) is 15.9 Å². The van der Waals surface area contributed by atoms with Crippen molar-refractivity contribution in [3.8, 4) is 11.3 Å². The van der Waals surface area contributed by atoms with E-state index in [2.05, 4.69) is 10.3 Å². The summed E-state index contributed by atoms with van der Waals surface area (Å²) in [6, 6.07) is 16.3. The number of nitrogens with zero attached hydrogens (tertiary/aromatic N) is 2. The predicted molar refractivity (Wildman–Crippen MR) is 126 cm³/mol. The van der Waals surface area contributed by atoms with Crippen LogP contribution in [-0.2, 0) is 14.8 Å². The third-order valence-electron chi connectivity index (χ3n) is 5.02. The molecule has 2 aromatic carbocycles. The molecule has 31 heavy (non-hydrogen) atoms. The highest BCUT2D eigenvalue weighted by Crippen LogP contribution is 2.31. The van der Waals surface area contributed by atoms with Crippen LogP contribution in [0.25, 0.3) is 11.3 Å². The highest BCUT2D eigenvalue weighted by atomic mass is 32.2. The number of carbonyl (C=O) groups excluding carboxylic acids is 1. The standard InChI is InChI=1S/C22H23N3O3S3/c1-16(30-22-24-20(15-29-22)17-7-3-2-4-8-17)21(26)23-18-9-11-19(12-10-18)31(27,28)25-13-5-6-14-25/h2-4,7-12,15-16H,5-6,13-14H2,1H3,(H,23,26). The number of amides is 1. The molecule has 4 rings (SSSR count). The Morgan fingerprint density at radius 2 is 1.77 bits per heavy atom. The molecule has 1 saturated heterocycles. The summed E-state index contributed by atoms with van der Waals surface area (Å²) in [5.74, 6) is -0.156. The minimum Gasteiger partial charge on any atom is -0.325 e. The zero-order valence-electron chi connectivity index (χ0n) is 17.0. The third-order valence-corrected chi connectivity index (χ3v) is 9.01. The summed E-state index contributed by atoms with van der Waals surface area (Å²) in [7, 11) is -3.45. The van der Waals surface area contributed by atoms with Gasteiger partial charge in [-0.25, -0.2) is 13.4 Å². The van der Waals surface area contributed by atoms with E-state index < -0.39 is 10.0 Å². The number of thioether (sulfide) groups is 1. The van der Waals surface area contributed by atoms with E-state index in [1.165, 1.54) is 27.4 Å². The maximum Gasteiger partial charge on any atom is 0.243 e. The van der Waals surface area contributed by atoms with Gasteiger partial charge in [0, 0.05) is 29.7 Å². The van der Waals surface area contributed by atoms with E-state index in [1.54, 1.807) is 24.3 Å². The molecule has 1 aliphatic rings. The third kappa shape index (κ3) is 5.17. The van der Waals surface area contributed by atoms with Crippen molar-refractivity contribution in [3.63, 3.8) is 0 Å². The Balaban J connectivity index is 1.36. The van der Waals surface area contributed by atoms with Gasteiger partial charge in [-0.15, -0.1) is 11.3 Å². The quantitative estimate of drug-likeness (QED) is 0.503. The second kappa shape index (κ2) is 9.52. The van der Waals surface area contributed by atoms with Crippen LogP contribution in [0.3, 0.4) is 0 Å². The zero-order chi connectivity index (χ0) is 21.8. The molecule has 0 radical (unpaired) electrons. The fraction of sp³-hybridized carbons (Fsp3) is 0.273. The van der Waals surface area contributed by atoms with Crippen molar-refractivity contribution in [2.75, 3.05) is 18.4 Å². The Kier molecular flexibility index (Phi) is 6.76. The first-order valence-electron chi connectivity index (χ1n) is 10.0. The molecular formula is C22H23N3O3S3. The molecule has 1 N–H and O–H groups in total. The van der Waals surface area contributed by atoms with Crippen molar-refractivity contribution in [3.05, 3.63) is 60.0 Å².